The van der Waals surface area contributed by atoms with E-state index in [2.05, 4.69) is 217 Å². The third kappa shape index (κ3) is 5.31. The number of likely N-dealkylation sites (N-methyl/N-ethyl adjacent to an activating group) is 2. The van der Waals surface area contributed by atoms with E-state index in [1.807, 2.05) is 0 Å². The van der Waals surface area contributed by atoms with Crippen molar-refractivity contribution in [2.24, 2.45) is 42.3 Å². The number of aromatic nitrogens is 10. The summed E-state index contributed by atoms with van der Waals surface area (Å²) in [5.74, 6) is 3.33. The Morgan fingerprint density at radius 3 is 1.03 bits per heavy atom. The highest BCUT2D eigenvalue weighted by molar-refractivity contribution is 5.80. The summed E-state index contributed by atoms with van der Waals surface area (Å²) >= 11 is 0. The normalized spacial score (nSPS) is 15.0. The average Bonchev–Trinajstić information content (AvgIpc) is 4.13. The number of hydrogen-bond acceptors (Lipinski definition) is 2. The van der Waals surface area contributed by atoms with Crippen molar-refractivity contribution in [2.45, 2.75) is 61.6 Å². The lowest BCUT2D eigenvalue weighted by Crippen LogP contribution is -2.40. The summed E-state index contributed by atoms with van der Waals surface area (Å²) in [6.07, 6.45) is -0.0515. The smallest absolute Gasteiger partial charge is 0.293 e. The SMILES string of the molecule is CC1=C(C)N(C)C(C2=c3ccc([nH]3)=C(c3n(C)c(C)c(C)[n+]3C)c3ccc([nH]3)C(c3n(C)c(C)c(C)[n+]3C)=c3ccc([nH]3)=C(c3n(C)c(C)c(C)[n+]3C)c3ccc2[nH]3)N1C. The Bertz CT molecular complexity index is 3150. The summed E-state index contributed by atoms with van der Waals surface area (Å²) in [6.45, 7) is 17.6. The van der Waals surface area contributed by atoms with Gasteiger partial charge in [0.25, 0.3) is 17.5 Å². The molecular weight excluding hydrogens is 745 g/mol. The van der Waals surface area contributed by atoms with Crippen LogP contribution in [-0.4, -0.2) is 63.7 Å². The van der Waals surface area contributed by atoms with Crippen LogP contribution in [0.3, 0.4) is 0 Å². The fourth-order valence-electron chi connectivity index (χ4n) is 9.97. The van der Waals surface area contributed by atoms with E-state index in [4.69, 9.17) is 0 Å². The molecule has 310 valence electrons. The van der Waals surface area contributed by atoms with E-state index >= 15 is 0 Å². The van der Waals surface area contributed by atoms with Gasteiger partial charge in [-0.3, -0.25) is 0 Å². The number of nitrogens with one attached hydrogen (secondary N) is 4. The lowest BCUT2D eigenvalue weighted by atomic mass is 10.1. The molecule has 0 saturated heterocycles. The second-order valence-corrected chi connectivity index (χ2v) is 17.3. The average molecular weight is 806 g/mol. The maximum absolute atomic E-state index is 4.02. The van der Waals surface area contributed by atoms with Gasteiger partial charge in [0.2, 0.25) is 0 Å². The Hall–Kier alpha value is -6.43. The van der Waals surface area contributed by atoms with E-state index in [-0.39, 0.29) is 6.17 Å². The zero-order valence-corrected chi connectivity index (χ0v) is 38.3. The van der Waals surface area contributed by atoms with Crippen LogP contribution in [0, 0.1) is 41.5 Å². The Morgan fingerprint density at radius 1 is 0.400 bits per heavy atom. The fourth-order valence-corrected chi connectivity index (χ4v) is 9.97. The van der Waals surface area contributed by atoms with Crippen molar-refractivity contribution in [3.63, 3.8) is 0 Å². The van der Waals surface area contributed by atoms with Crippen LogP contribution in [0.15, 0.2) is 59.9 Å². The molecule has 0 saturated carbocycles. The van der Waals surface area contributed by atoms with Crippen LogP contribution in [0.2, 0.25) is 0 Å². The quantitative estimate of drug-likeness (QED) is 0.205. The number of allylic oxidation sites excluding steroid dienone is 2. The zero-order chi connectivity index (χ0) is 43.0. The van der Waals surface area contributed by atoms with Gasteiger partial charge in [-0.1, -0.05) is 0 Å². The molecule has 2 aliphatic heterocycles. The van der Waals surface area contributed by atoms with Gasteiger partial charge in [-0.25, -0.2) is 27.4 Å². The topological polar surface area (TPSA) is 96.1 Å². The molecule has 12 nitrogen and oxygen atoms in total. The lowest BCUT2D eigenvalue weighted by molar-refractivity contribution is -0.679. The summed E-state index contributed by atoms with van der Waals surface area (Å²) in [5, 5.41) is 4.14. The number of fused-ring (bicyclic) bond motifs is 8. The Morgan fingerprint density at radius 2 is 0.700 bits per heavy atom. The summed E-state index contributed by atoms with van der Waals surface area (Å²) in [6, 6.07) is 18.0. The Balaban J connectivity index is 1.49. The molecule has 9 rings (SSSR count). The van der Waals surface area contributed by atoms with Crippen LogP contribution < -0.4 is 35.1 Å². The number of imidazole rings is 3. The van der Waals surface area contributed by atoms with E-state index < -0.39 is 0 Å². The monoisotopic (exact) mass is 806 g/mol. The molecule has 0 radical (unpaired) electrons. The van der Waals surface area contributed by atoms with Crippen molar-refractivity contribution in [3.05, 3.63) is 156 Å². The van der Waals surface area contributed by atoms with Gasteiger partial charge in [0.05, 0.1) is 75.4 Å². The van der Waals surface area contributed by atoms with E-state index in [1.54, 1.807) is 0 Å². The third-order valence-electron chi connectivity index (χ3n) is 14.7. The molecule has 9 heterocycles. The summed E-state index contributed by atoms with van der Waals surface area (Å²) < 4.78 is 13.9. The molecular formula is C48H61N12+3. The molecule has 0 aromatic carbocycles. The molecule has 0 spiro atoms. The first kappa shape index (κ1) is 39.1. The van der Waals surface area contributed by atoms with Gasteiger partial charge >= 0.3 is 0 Å². The van der Waals surface area contributed by atoms with E-state index in [0.717, 1.165) is 78.4 Å². The molecule has 8 bridgehead atoms. The van der Waals surface area contributed by atoms with Crippen LogP contribution >= 0.6 is 0 Å². The third-order valence-corrected chi connectivity index (χ3v) is 14.7. The number of rotatable bonds is 4. The highest BCUT2D eigenvalue weighted by atomic mass is 15.4. The van der Waals surface area contributed by atoms with Gasteiger partial charge in [-0.05, 0) is 62.4 Å². The molecule has 4 N–H and O–H groups in total. The first-order chi connectivity index (χ1) is 28.4. The lowest BCUT2D eigenvalue weighted by Gasteiger charge is -2.31. The Labute approximate surface area is 352 Å². The van der Waals surface area contributed by atoms with Gasteiger partial charge in [-0.2, -0.15) is 0 Å². The van der Waals surface area contributed by atoms with Crippen molar-refractivity contribution in [3.8, 4) is 0 Å². The second kappa shape index (κ2) is 13.6. The number of hydrogen-bond donors (Lipinski definition) is 4. The number of H-pyrrole nitrogens is 4. The van der Waals surface area contributed by atoms with Crippen LogP contribution in [0.4, 0.5) is 0 Å². The molecule has 7 aromatic rings. The molecule has 0 unspecified atom stereocenters. The van der Waals surface area contributed by atoms with Crippen LogP contribution in [-0.2, 0) is 42.3 Å². The standard InChI is InChI=1S/C48H59N12/c1-25-26(2)54(10)45(53(25)9)41-33-17-19-35(49-33)42(46-55(11)27(3)28(4)56(46)12)37-21-23-39(51-37)44(48-59(15)31(7)32(8)60(48)16)40-24-22-38(52-40)43(36-20-18-34(41)50-36)47-57(13)29(5)30(6)58(47)14/h17-24,45H,1-16H3,(H2,49,50,51,52)/q+1/p+2. The zero-order valence-electron chi connectivity index (χ0n) is 38.3. The van der Waals surface area contributed by atoms with Crippen molar-refractivity contribution in [1.29, 1.82) is 0 Å². The van der Waals surface area contributed by atoms with E-state index in [1.165, 1.54) is 51.1 Å². The first-order valence-electron chi connectivity index (χ1n) is 20.9. The fraction of sp³-hybridized carbons (Fsp3) is 0.354. The van der Waals surface area contributed by atoms with Crippen molar-refractivity contribution < 1.29 is 13.7 Å². The van der Waals surface area contributed by atoms with Crippen molar-refractivity contribution in [1.82, 2.24) is 43.4 Å². The molecule has 0 atom stereocenters. The minimum atomic E-state index is -0.0515. The van der Waals surface area contributed by atoms with Crippen LogP contribution in [0.25, 0.3) is 22.3 Å². The number of nitrogens with zero attached hydrogens (tertiary/aromatic N) is 8. The van der Waals surface area contributed by atoms with E-state index in [9.17, 15) is 0 Å². The first-order valence-corrected chi connectivity index (χ1v) is 20.9. The summed E-state index contributed by atoms with van der Waals surface area (Å²) in [4.78, 5) is 20.8. The molecule has 2 aliphatic rings. The van der Waals surface area contributed by atoms with Crippen LogP contribution in [0.1, 0.15) is 88.3 Å². The van der Waals surface area contributed by atoms with Gasteiger partial charge in [0, 0.05) is 83.6 Å². The largest absolute Gasteiger partial charge is 0.354 e. The maximum atomic E-state index is 4.02. The molecule has 7 aromatic heterocycles. The number of aromatic amines is 4. The predicted molar refractivity (Wildman–Crippen MR) is 235 cm³/mol. The van der Waals surface area contributed by atoms with E-state index in [0.29, 0.717) is 0 Å². The maximum Gasteiger partial charge on any atom is 0.293 e. The molecule has 0 amide bonds. The minimum absolute atomic E-state index is 0.0515. The van der Waals surface area contributed by atoms with Gasteiger partial charge < -0.3 is 29.7 Å². The van der Waals surface area contributed by atoms with Crippen molar-refractivity contribution >= 4 is 22.3 Å². The van der Waals surface area contributed by atoms with Crippen molar-refractivity contribution in [2.75, 3.05) is 14.1 Å². The molecule has 0 fully saturated rings. The highest BCUT2D eigenvalue weighted by Gasteiger charge is 2.36. The minimum Gasteiger partial charge on any atom is -0.354 e. The van der Waals surface area contributed by atoms with Gasteiger partial charge in [0.1, 0.15) is 57.0 Å². The molecule has 12 heteroatoms. The molecule has 0 aliphatic carbocycles. The van der Waals surface area contributed by atoms with Crippen LogP contribution in [0.5, 0.6) is 0 Å². The summed E-state index contributed by atoms with van der Waals surface area (Å²) in [5.41, 5.74) is 18.4. The van der Waals surface area contributed by atoms with Gasteiger partial charge in [0.15, 0.2) is 0 Å². The summed E-state index contributed by atoms with van der Waals surface area (Å²) in [7, 11) is 17.4. The second-order valence-electron chi connectivity index (χ2n) is 17.3. The molecule has 60 heavy (non-hydrogen) atoms. The highest BCUT2D eigenvalue weighted by Crippen LogP contribution is 2.34. The predicted octanol–water partition coefficient (Wildman–Crippen LogP) is 2.05. The Kier molecular flexibility index (Phi) is 8.82. The van der Waals surface area contributed by atoms with Gasteiger partial charge in [-0.15, -0.1) is 0 Å².